The first-order chi connectivity index (χ1) is 17.6. The smallest absolute Gasteiger partial charge is 0.338 e. The van der Waals surface area contributed by atoms with E-state index in [1.54, 1.807) is 36.4 Å². The van der Waals surface area contributed by atoms with E-state index in [4.69, 9.17) is 16.3 Å². The van der Waals surface area contributed by atoms with Crippen LogP contribution in [0.5, 0.6) is 0 Å². The molecule has 0 radical (unpaired) electrons. The van der Waals surface area contributed by atoms with Gasteiger partial charge in [-0.3, -0.25) is 9.59 Å². The van der Waals surface area contributed by atoms with Crippen LogP contribution in [0.1, 0.15) is 72.2 Å². The van der Waals surface area contributed by atoms with E-state index in [9.17, 15) is 19.5 Å². The van der Waals surface area contributed by atoms with Crippen molar-refractivity contribution in [1.29, 1.82) is 0 Å². The number of rotatable bonds is 5. The molecule has 0 aromatic heterocycles. The molecule has 2 amide bonds. The highest BCUT2D eigenvalue weighted by Crippen LogP contribution is 2.46. The van der Waals surface area contributed by atoms with Crippen LogP contribution in [0.25, 0.3) is 0 Å². The summed E-state index contributed by atoms with van der Waals surface area (Å²) in [4.78, 5) is 41.0. The molecule has 1 aliphatic carbocycles. The van der Waals surface area contributed by atoms with Crippen molar-refractivity contribution in [2.45, 2.75) is 57.6 Å². The zero-order valence-electron chi connectivity index (χ0n) is 21.6. The molecule has 4 rings (SSSR count). The van der Waals surface area contributed by atoms with Gasteiger partial charge in [0.15, 0.2) is 0 Å². The zero-order chi connectivity index (χ0) is 26.8. The zero-order valence-corrected chi connectivity index (χ0v) is 22.4. The molecule has 2 aliphatic rings. The van der Waals surface area contributed by atoms with E-state index < -0.39 is 17.0 Å². The number of likely N-dealkylation sites (tertiary alicyclic amines) is 1. The molecule has 37 heavy (non-hydrogen) atoms. The Kier molecular flexibility index (Phi) is 7.95. The van der Waals surface area contributed by atoms with Crippen molar-refractivity contribution in [2.75, 3.05) is 20.2 Å². The number of hydrogen-bond acceptors (Lipinski definition) is 5. The second-order valence-electron chi connectivity index (χ2n) is 10.8. The molecule has 8 heteroatoms. The van der Waals surface area contributed by atoms with Gasteiger partial charge in [0.25, 0.3) is 5.91 Å². The normalized spacial score (nSPS) is 25.3. The van der Waals surface area contributed by atoms with Crippen LogP contribution in [0.15, 0.2) is 48.5 Å². The second-order valence-corrected chi connectivity index (χ2v) is 11.2. The third-order valence-corrected chi connectivity index (χ3v) is 8.31. The number of halogens is 1. The summed E-state index contributed by atoms with van der Waals surface area (Å²) in [7, 11) is 1.28. The highest BCUT2D eigenvalue weighted by molar-refractivity contribution is 6.30. The Morgan fingerprint density at radius 3 is 2.32 bits per heavy atom. The number of benzene rings is 2. The minimum absolute atomic E-state index is 0.00233. The van der Waals surface area contributed by atoms with Crippen molar-refractivity contribution in [2.24, 2.45) is 11.3 Å². The number of piperidine rings is 1. The van der Waals surface area contributed by atoms with Gasteiger partial charge in [0.1, 0.15) is 0 Å². The van der Waals surface area contributed by atoms with Gasteiger partial charge >= 0.3 is 5.97 Å². The van der Waals surface area contributed by atoms with Crippen LogP contribution in [-0.2, 0) is 15.1 Å². The van der Waals surface area contributed by atoms with Crippen LogP contribution in [0.4, 0.5) is 0 Å². The van der Waals surface area contributed by atoms with E-state index in [1.165, 1.54) is 7.11 Å². The van der Waals surface area contributed by atoms with Crippen molar-refractivity contribution < 1.29 is 24.2 Å². The Labute approximate surface area is 223 Å². The van der Waals surface area contributed by atoms with E-state index in [1.807, 2.05) is 30.9 Å². The molecule has 1 saturated carbocycles. The molecule has 2 aromatic carbocycles. The molecule has 198 valence electrons. The highest BCUT2D eigenvalue weighted by atomic mass is 35.5. The van der Waals surface area contributed by atoms with Gasteiger partial charge in [0, 0.05) is 29.6 Å². The van der Waals surface area contributed by atoms with E-state index in [2.05, 4.69) is 5.32 Å². The molecule has 2 fully saturated rings. The molecule has 1 saturated heterocycles. The van der Waals surface area contributed by atoms with E-state index in [0.717, 1.165) is 18.4 Å². The van der Waals surface area contributed by atoms with Crippen molar-refractivity contribution in [3.63, 3.8) is 0 Å². The first-order valence-electron chi connectivity index (χ1n) is 12.8. The Hall–Kier alpha value is -2.90. The van der Waals surface area contributed by atoms with Gasteiger partial charge in [-0.15, -0.1) is 0 Å². The lowest BCUT2D eigenvalue weighted by molar-refractivity contribution is -0.158. The molecule has 3 atom stereocenters. The maximum Gasteiger partial charge on any atom is 0.338 e. The van der Waals surface area contributed by atoms with Crippen LogP contribution in [-0.4, -0.2) is 54.0 Å². The molecular weight excluding hydrogens is 492 g/mol. The molecule has 7 nitrogen and oxygen atoms in total. The summed E-state index contributed by atoms with van der Waals surface area (Å²) in [6.45, 7) is 4.77. The number of carbonyl (C=O) groups excluding carboxylic acids is 3. The topological polar surface area (TPSA) is 95.9 Å². The SMILES string of the molecule is COC(=O)c1ccccc1C(=O)N[C@@H]1CCCC[C@@H]1C(=O)N1CC[C@](O)(c2ccc(Cl)cc2)C(C)(C)C1. The van der Waals surface area contributed by atoms with Gasteiger partial charge in [-0.05, 0) is 49.1 Å². The summed E-state index contributed by atoms with van der Waals surface area (Å²) < 4.78 is 4.82. The molecule has 1 heterocycles. The van der Waals surface area contributed by atoms with Gasteiger partial charge < -0.3 is 20.1 Å². The minimum atomic E-state index is -1.09. The second kappa shape index (κ2) is 10.8. The Morgan fingerprint density at radius 1 is 1.03 bits per heavy atom. The van der Waals surface area contributed by atoms with Crippen LogP contribution in [0.2, 0.25) is 5.02 Å². The van der Waals surface area contributed by atoms with Crippen molar-refractivity contribution in [1.82, 2.24) is 10.2 Å². The number of carbonyl (C=O) groups is 3. The average Bonchev–Trinajstić information content (AvgIpc) is 2.90. The number of aliphatic hydroxyl groups is 1. The highest BCUT2D eigenvalue weighted by Gasteiger charge is 2.50. The van der Waals surface area contributed by atoms with E-state index in [0.29, 0.717) is 37.4 Å². The third kappa shape index (κ3) is 5.39. The van der Waals surface area contributed by atoms with Gasteiger partial charge in [0.2, 0.25) is 5.91 Å². The summed E-state index contributed by atoms with van der Waals surface area (Å²) in [6, 6.07) is 13.4. The predicted octanol–water partition coefficient (Wildman–Crippen LogP) is 4.56. The predicted molar refractivity (Wildman–Crippen MR) is 141 cm³/mol. The monoisotopic (exact) mass is 526 g/mol. The van der Waals surface area contributed by atoms with Gasteiger partial charge in [-0.1, -0.05) is 62.6 Å². The van der Waals surface area contributed by atoms with Gasteiger partial charge in [-0.25, -0.2) is 4.79 Å². The van der Waals surface area contributed by atoms with Crippen LogP contribution in [0.3, 0.4) is 0 Å². The maximum atomic E-state index is 13.8. The van der Waals surface area contributed by atoms with Crippen LogP contribution < -0.4 is 5.32 Å². The quantitative estimate of drug-likeness (QED) is 0.557. The molecule has 1 aliphatic heterocycles. The van der Waals surface area contributed by atoms with Crippen molar-refractivity contribution in [3.05, 3.63) is 70.2 Å². The average molecular weight is 527 g/mol. The first kappa shape index (κ1) is 27.1. The summed E-state index contributed by atoms with van der Waals surface area (Å²) in [5, 5.41) is 15.3. The van der Waals surface area contributed by atoms with Crippen molar-refractivity contribution in [3.8, 4) is 0 Å². The summed E-state index contributed by atoms with van der Waals surface area (Å²) in [6.07, 6.45) is 3.60. The van der Waals surface area contributed by atoms with Crippen LogP contribution in [0, 0.1) is 11.3 Å². The van der Waals surface area contributed by atoms with Gasteiger partial charge in [0.05, 0.1) is 29.8 Å². The maximum absolute atomic E-state index is 13.8. The number of nitrogens with one attached hydrogen (secondary N) is 1. The molecule has 2 N–H and O–H groups in total. The molecule has 0 bridgehead atoms. The molecular formula is C29H35ClN2O5. The number of amides is 2. The lowest BCUT2D eigenvalue weighted by Crippen LogP contribution is -2.59. The fraction of sp³-hybridized carbons (Fsp3) is 0.483. The standard InChI is InChI=1S/C29H35ClN2O5/c1-28(2)18-32(17-16-29(28,36)19-12-14-20(30)15-13-19)26(34)23-10-6-7-11-24(23)31-25(33)21-8-4-5-9-22(21)27(35)37-3/h4-5,8-9,12-15,23-24,36H,6-7,10-11,16-18H2,1-3H3,(H,31,33)/t23-,24+,29-/m0/s1. The third-order valence-electron chi connectivity index (χ3n) is 8.06. The Morgan fingerprint density at radius 2 is 1.68 bits per heavy atom. The Bertz CT molecular complexity index is 1170. The Balaban J connectivity index is 1.50. The number of ether oxygens (including phenoxy) is 1. The van der Waals surface area contributed by atoms with E-state index >= 15 is 0 Å². The fourth-order valence-electron chi connectivity index (χ4n) is 5.82. The molecule has 0 unspecified atom stereocenters. The number of hydrogen-bond donors (Lipinski definition) is 2. The summed E-state index contributed by atoms with van der Waals surface area (Å²) in [5.41, 5.74) is -0.465. The van der Waals surface area contributed by atoms with E-state index in [-0.39, 0.29) is 34.9 Å². The lowest BCUT2D eigenvalue weighted by atomic mass is 9.66. The number of methoxy groups -OCH3 is 1. The van der Waals surface area contributed by atoms with Crippen molar-refractivity contribution >= 4 is 29.4 Å². The largest absolute Gasteiger partial charge is 0.465 e. The summed E-state index contributed by atoms with van der Waals surface area (Å²) >= 11 is 6.05. The van der Waals surface area contributed by atoms with Gasteiger partial charge in [-0.2, -0.15) is 0 Å². The molecule has 0 spiro atoms. The summed E-state index contributed by atoms with van der Waals surface area (Å²) in [5.74, 6) is -1.33. The number of esters is 1. The number of nitrogens with zero attached hydrogens (tertiary/aromatic N) is 1. The molecule has 2 aromatic rings. The minimum Gasteiger partial charge on any atom is -0.465 e. The van der Waals surface area contributed by atoms with Crippen LogP contribution >= 0.6 is 11.6 Å². The first-order valence-corrected chi connectivity index (χ1v) is 13.2. The lowest BCUT2D eigenvalue weighted by Gasteiger charge is -2.51. The fourth-order valence-corrected chi connectivity index (χ4v) is 5.95.